The van der Waals surface area contributed by atoms with Gasteiger partial charge in [0.1, 0.15) is 5.82 Å². The number of fused-ring (bicyclic) bond motifs is 1. The highest BCUT2D eigenvalue weighted by atomic mass is 19.4. The Labute approximate surface area is 125 Å². The molecule has 0 saturated heterocycles. The van der Waals surface area contributed by atoms with Crippen molar-refractivity contribution in [3.8, 4) is 0 Å². The summed E-state index contributed by atoms with van der Waals surface area (Å²) < 4.78 is 39.3. The summed E-state index contributed by atoms with van der Waals surface area (Å²) in [4.78, 5) is 0. The summed E-state index contributed by atoms with van der Waals surface area (Å²) in [5.41, 5.74) is 0.329. The average Bonchev–Trinajstić information content (AvgIpc) is 2.80. The van der Waals surface area contributed by atoms with Gasteiger partial charge < -0.3 is 5.32 Å². The molecule has 0 radical (unpaired) electrons. The highest BCUT2D eigenvalue weighted by molar-refractivity contribution is 5.44. The predicted molar refractivity (Wildman–Crippen MR) is 75.4 cm³/mol. The van der Waals surface area contributed by atoms with Crippen molar-refractivity contribution in [3.63, 3.8) is 0 Å². The Morgan fingerprint density at radius 2 is 2.05 bits per heavy atom. The minimum absolute atomic E-state index is 0.0850. The van der Waals surface area contributed by atoms with Gasteiger partial charge >= 0.3 is 6.18 Å². The van der Waals surface area contributed by atoms with Gasteiger partial charge in [-0.3, -0.25) is 0 Å². The molecule has 120 valence electrons. The van der Waals surface area contributed by atoms with Gasteiger partial charge in [-0.05, 0) is 36.8 Å². The van der Waals surface area contributed by atoms with Gasteiger partial charge in [-0.2, -0.15) is 17.7 Å². The van der Waals surface area contributed by atoms with E-state index >= 15 is 0 Å². The molecule has 2 heterocycles. The van der Waals surface area contributed by atoms with Crippen molar-refractivity contribution in [2.24, 2.45) is 5.41 Å². The van der Waals surface area contributed by atoms with Gasteiger partial charge in [0.05, 0.1) is 0 Å². The topological polar surface area (TPSA) is 55.1 Å². The monoisotopic (exact) mass is 313 g/mol. The maximum Gasteiger partial charge on any atom is 0.453 e. The molecule has 1 aliphatic carbocycles. The number of aromatic nitrogens is 4. The number of halogens is 3. The van der Waals surface area contributed by atoms with Crippen molar-refractivity contribution in [3.05, 3.63) is 18.0 Å². The lowest BCUT2D eigenvalue weighted by molar-refractivity contribution is -0.146. The Morgan fingerprint density at radius 3 is 2.73 bits per heavy atom. The largest absolute Gasteiger partial charge is 0.453 e. The molecular weight excluding hydrogens is 295 g/mol. The maximum atomic E-state index is 12.9. The minimum atomic E-state index is -4.57. The number of anilines is 1. The molecule has 2 aromatic rings. The third-order valence-corrected chi connectivity index (χ3v) is 4.07. The molecular formula is C14H18F3N5. The molecule has 1 atom stereocenters. The zero-order chi connectivity index (χ0) is 16.0. The molecule has 0 aromatic carbocycles. The zero-order valence-electron chi connectivity index (χ0n) is 12.5. The van der Waals surface area contributed by atoms with Crippen LogP contribution in [0.25, 0.3) is 5.65 Å². The van der Waals surface area contributed by atoms with Crippen LogP contribution >= 0.6 is 0 Å². The van der Waals surface area contributed by atoms with Crippen molar-refractivity contribution >= 4 is 11.5 Å². The fraction of sp³-hybridized carbons (Fsp3) is 0.643. The van der Waals surface area contributed by atoms with Crippen LogP contribution in [0.3, 0.4) is 0 Å². The molecule has 0 amide bonds. The first-order valence-corrected chi connectivity index (χ1v) is 7.31. The van der Waals surface area contributed by atoms with E-state index in [2.05, 4.69) is 34.5 Å². The van der Waals surface area contributed by atoms with E-state index in [4.69, 9.17) is 0 Å². The van der Waals surface area contributed by atoms with Gasteiger partial charge in [-0.1, -0.05) is 20.3 Å². The van der Waals surface area contributed by atoms with Crippen molar-refractivity contribution < 1.29 is 13.2 Å². The van der Waals surface area contributed by atoms with Crippen molar-refractivity contribution in [1.82, 2.24) is 19.8 Å². The highest BCUT2D eigenvalue weighted by Crippen LogP contribution is 2.36. The first-order chi connectivity index (χ1) is 10.2. The number of hydrogen-bond acceptors (Lipinski definition) is 4. The van der Waals surface area contributed by atoms with Crippen molar-refractivity contribution in [1.29, 1.82) is 0 Å². The smallest absolute Gasteiger partial charge is 0.366 e. The Hall–Kier alpha value is -1.86. The molecule has 0 spiro atoms. The first-order valence-electron chi connectivity index (χ1n) is 7.31. The van der Waals surface area contributed by atoms with Crippen LogP contribution in [0, 0.1) is 5.41 Å². The van der Waals surface area contributed by atoms with E-state index in [1.54, 1.807) is 6.07 Å². The summed E-state index contributed by atoms with van der Waals surface area (Å²) in [7, 11) is 0. The summed E-state index contributed by atoms with van der Waals surface area (Å²) in [6.07, 6.45) is -0.328. The van der Waals surface area contributed by atoms with E-state index in [1.165, 1.54) is 12.5 Å². The predicted octanol–water partition coefficient (Wildman–Crippen LogP) is 3.52. The van der Waals surface area contributed by atoms with E-state index in [0.717, 1.165) is 23.8 Å². The van der Waals surface area contributed by atoms with Gasteiger partial charge in [0.15, 0.2) is 5.65 Å². The van der Waals surface area contributed by atoms with Crippen LogP contribution in [0.1, 0.15) is 45.4 Å². The summed E-state index contributed by atoms with van der Waals surface area (Å²) in [5.74, 6) is -0.685. The average molecular weight is 313 g/mol. The van der Waals surface area contributed by atoms with Crippen LogP contribution in [-0.4, -0.2) is 25.9 Å². The van der Waals surface area contributed by atoms with Gasteiger partial charge in [0.2, 0.25) is 0 Å². The third-order valence-electron chi connectivity index (χ3n) is 4.07. The zero-order valence-corrected chi connectivity index (χ0v) is 12.5. The Bertz CT molecular complexity index is 677. The van der Waals surface area contributed by atoms with E-state index < -0.39 is 12.0 Å². The fourth-order valence-corrected chi connectivity index (χ4v) is 3.07. The first kappa shape index (κ1) is 15.1. The Balaban J connectivity index is 1.85. The lowest BCUT2D eigenvalue weighted by Gasteiger charge is -2.35. The van der Waals surface area contributed by atoms with Gasteiger partial charge in [-0.15, -0.1) is 15.3 Å². The molecule has 0 bridgehead atoms. The van der Waals surface area contributed by atoms with Gasteiger partial charge in [-0.25, -0.2) is 0 Å². The third kappa shape index (κ3) is 3.00. The second-order valence-corrected chi connectivity index (χ2v) is 6.61. The van der Waals surface area contributed by atoms with E-state index in [0.29, 0.717) is 5.82 Å². The van der Waals surface area contributed by atoms with Crippen LogP contribution in [0.2, 0.25) is 0 Å². The SMILES string of the molecule is CC1(C)CCCC(Nc2ccc3nnc(C(F)(F)F)n3n2)C1. The van der Waals surface area contributed by atoms with Gasteiger partial charge in [0.25, 0.3) is 5.82 Å². The molecule has 1 saturated carbocycles. The molecule has 3 rings (SSSR count). The van der Waals surface area contributed by atoms with Crippen LogP contribution in [0.5, 0.6) is 0 Å². The summed E-state index contributed by atoms with van der Waals surface area (Å²) in [6.45, 7) is 4.41. The van der Waals surface area contributed by atoms with Crippen molar-refractivity contribution in [2.75, 3.05) is 5.32 Å². The molecule has 5 nitrogen and oxygen atoms in total. The second-order valence-electron chi connectivity index (χ2n) is 6.61. The lowest BCUT2D eigenvalue weighted by atomic mass is 9.75. The Kier molecular flexibility index (Phi) is 3.49. The molecule has 1 unspecified atom stereocenters. The summed E-state index contributed by atoms with van der Waals surface area (Å²) in [5, 5.41) is 13.9. The Morgan fingerprint density at radius 1 is 1.27 bits per heavy atom. The molecule has 1 fully saturated rings. The maximum absolute atomic E-state index is 12.9. The van der Waals surface area contributed by atoms with Crippen LogP contribution < -0.4 is 5.32 Å². The van der Waals surface area contributed by atoms with Gasteiger partial charge in [0, 0.05) is 6.04 Å². The second kappa shape index (κ2) is 5.10. The number of nitrogens with zero attached hydrogens (tertiary/aromatic N) is 4. The van der Waals surface area contributed by atoms with Crippen LogP contribution in [0.4, 0.5) is 19.0 Å². The minimum Gasteiger partial charge on any atom is -0.366 e. The van der Waals surface area contributed by atoms with E-state index in [-0.39, 0.29) is 17.1 Å². The van der Waals surface area contributed by atoms with E-state index in [1.807, 2.05) is 0 Å². The molecule has 2 aromatic heterocycles. The van der Waals surface area contributed by atoms with E-state index in [9.17, 15) is 13.2 Å². The summed E-state index contributed by atoms with van der Waals surface area (Å²) in [6, 6.07) is 3.36. The number of alkyl halides is 3. The molecule has 0 aliphatic heterocycles. The standard InChI is InChI=1S/C14H18F3N5/c1-13(2)7-3-4-9(8-13)18-10-5-6-11-19-20-12(14(15,16)17)22(11)21-10/h5-6,9H,3-4,7-8H2,1-2H3,(H,18,21). The van der Waals surface area contributed by atoms with Crippen LogP contribution in [0.15, 0.2) is 12.1 Å². The molecule has 1 aliphatic rings. The number of rotatable bonds is 2. The summed E-state index contributed by atoms with van der Waals surface area (Å²) >= 11 is 0. The number of nitrogens with one attached hydrogen (secondary N) is 1. The molecule has 1 N–H and O–H groups in total. The van der Waals surface area contributed by atoms with Crippen molar-refractivity contribution in [2.45, 2.75) is 51.7 Å². The molecule has 8 heteroatoms. The number of hydrogen-bond donors (Lipinski definition) is 1. The van der Waals surface area contributed by atoms with Crippen LogP contribution in [-0.2, 0) is 6.18 Å². The normalized spacial score (nSPS) is 22.0. The fourth-order valence-electron chi connectivity index (χ4n) is 3.07. The quantitative estimate of drug-likeness (QED) is 0.921. The highest BCUT2D eigenvalue weighted by Gasteiger charge is 2.37. The lowest BCUT2D eigenvalue weighted by Crippen LogP contribution is -2.32. The molecule has 22 heavy (non-hydrogen) atoms.